The second-order valence-electron chi connectivity index (χ2n) is 6.30. The van der Waals surface area contributed by atoms with E-state index in [2.05, 4.69) is 15.5 Å². The first-order chi connectivity index (χ1) is 13.9. The summed E-state index contributed by atoms with van der Waals surface area (Å²) in [6.07, 6.45) is 0.305. The molecule has 0 aliphatic heterocycles. The molecular formula is C20H21N3O4S2. The SMILES string of the molecule is CCS(=O)(=O)c1ccc(-c2nnc(NC(=O)CCSc3ccc(C)cc3)o2)cc1. The largest absolute Gasteiger partial charge is 0.403 e. The summed E-state index contributed by atoms with van der Waals surface area (Å²) in [5.74, 6) is 0.646. The number of carbonyl (C=O) groups is 1. The number of aryl methyl sites for hydroxylation is 1. The van der Waals surface area contributed by atoms with Gasteiger partial charge in [0, 0.05) is 22.6 Å². The zero-order valence-corrected chi connectivity index (χ0v) is 17.7. The van der Waals surface area contributed by atoms with E-state index in [0.29, 0.717) is 17.7 Å². The lowest BCUT2D eigenvalue weighted by Gasteiger charge is -2.02. The van der Waals surface area contributed by atoms with E-state index in [4.69, 9.17) is 4.42 Å². The molecule has 3 aromatic rings. The number of rotatable bonds is 8. The summed E-state index contributed by atoms with van der Waals surface area (Å²) < 4.78 is 29.2. The number of benzene rings is 2. The molecule has 0 bridgehead atoms. The minimum absolute atomic E-state index is 0.00981. The van der Waals surface area contributed by atoms with Crippen LogP contribution in [0.25, 0.3) is 11.5 Å². The van der Waals surface area contributed by atoms with Crippen LogP contribution in [0, 0.1) is 6.92 Å². The highest BCUT2D eigenvalue weighted by Crippen LogP contribution is 2.23. The molecule has 0 fully saturated rings. The van der Waals surface area contributed by atoms with Gasteiger partial charge in [0.05, 0.1) is 10.6 Å². The quantitative estimate of drug-likeness (QED) is 0.539. The van der Waals surface area contributed by atoms with Crippen molar-refractivity contribution >= 4 is 33.5 Å². The van der Waals surface area contributed by atoms with Crippen molar-refractivity contribution < 1.29 is 17.6 Å². The third-order valence-electron chi connectivity index (χ3n) is 4.13. The van der Waals surface area contributed by atoms with Gasteiger partial charge in [-0.05, 0) is 43.3 Å². The molecule has 0 saturated carbocycles. The summed E-state index contributed by atoms with van der Waals surface area (Å²) in [4.78, 5) is 13.4. The molecule has 1 N–H and O–H groups in total. The van der Waals surface area contributed by atoms with Crippen molar-refractivity contribution in [1.29, 1.82) is 0 Å². The Morgan fingerprint density at radius 3 is 2.41 bits per heavy atom. The maximum absolute atomic E-state index is 12.1. The van der Waals surface area contributed by atoms with Crippen LogP contribution in [0.3, 0.4) is 0 Å². The summed E-state index contributed by atoms with van der Waals surface area (Å²) in [6, 6.07) is 14.3. The third kappa shape index (κ3) is 5.68. The summed E-state index contributed by atoms with van der Waals surface area (Å²) >= 11 is 1.60. The first kappa shape index (κ1) is 21.1. The lowest BCUT2D eigenvalue weighted by Crippen LogP contribution is -2.12. The summed E-state index contributed by atoms with van der Waals surface area (Å²) in [6.45, 7) is 3.62. The van der Waals surface area contributed by atoms with Crippen LogP contribution in [0.2, 0.25) is 0 Å². The summed E-state index contributed by atoms with van der Waals surface area (Å²) in [7, 11) is -3.26. The van der Waals surface area contributed by atoms with Crippen LogP contribution < -0.4 is 5.32 Å². The fourth-order valence-corrected chi connectivity index (χ4v) is 4.18. The van der Waals surface area contributed by atoms with Crippen molar-refractivity contribution in [3.63, 3.8) is 0 Å². The predicted octanol–water partition coefficient (Wildman–Crippen LogP) is 3.96. The van der Waals surface area contributed by atoms with Gasteiger partial charge in [0.2, 0.25) is 11.8 Å². The Morgan fingerprint density at radius 2 is 1.76 bits per heavy atom. The molecule has 2 aromatic carbocycles. The van der Waals surface area contributed by atoms with Gasteiger partial charge in [0.1, 0.15) is 0 Å². The summed E-state index contributed by atoms with van der Waals surface area (Å²) in [5.41, 5.74) is 1.77. The molecule has 7 nitrogen and oxygen atoms in total. The van der Waals surface area contributed by atoms with Crippen molar-refractivity contribution in [3.8, 4) is 11.5 Å². The van der Waals surface area contributed by atoms with Crippen molar-refractivity contribution in [3.05, 3.63) is 54.1 Å². The Hall–Kier alpha value is -2.65. The second-order valence-corrected chi connectivity index (χ2v) is 9.75. The van der Waals surface area contributed by atoms with E-state index in [1.165, 1.54) is 17.7 Å². The molecule has 0 aliphatic rings. The molecular weight excluding hydrogens is 410 g/mol. The molecule has 0 unspecified atom stereocenters. The first-order valence-electron chi connectivity index (χ1n) is 9.03. The number of aromatic nitrogens is 2. The van der Waals surface area contributed by atoms with Crippen LogP contribution in [-0.4, -0.2) is 36.0 Å². The maximum atomic E-state index is 12.1. The first-order valence-corrected chi connectivity index (χ1v) is 11.7. The van der Waals surface area contributed by atoms with E-state index in [-0.39, 0.29) is 28.5 Å². The van der Waals surface area contributed by atoms with Crippen molar-refractivity contribution in [2.24, 2.45) is 0 Å². The van der Waals surface area contributed by atoms with Crippen LogP contribution in [-0.2, 0) is 14.6 Å². The van der Waals surface area contributed by atoms with Gasteiger partial charge < -0.3 is 4.42 Å². The fourth-order valence-electron chi connectivity index (χ4n) is 2.44. The smallest absolute Gasteiger partial charge is 0.322 e. The van der Waals surface area contributed by atoms with Crippen molar-refractivity contribution in [2.45, 2.75) is 30.1 Å². The lowest BCUT2D eigenvalue weighted by molar-refractivity contribution is -0.115. The van der Waals surface area contributed by atoms with E-state index in [9.17, 15) is 13.2 Å². The molecule has 0 aliphatic carbocycles. The van der Waals surface area contributed by atoms with E-state index < -0.39 is 9.84 Å². The zero-order valence-electron chi connectivity index (χ0n) is 16.1. The van der Waals surface area contributed by atoms with Crippen molar-refractivity contribution in [2.75, 3.05) is 16.8 Å². The van der Waals surface area contributed by atoms with Gasteiger partial charge in [-0.2, -0.15) is 0 Å². The van der Waals surface area contributed by atoms with Crippen LogP contribution in [0.1, 0.15) is 18.9 Å². The molecule has 0 spiro atoms. The van der Waals surface area contributed by atoms with Gasteiger partial charge in [-0.25, -0.2) is 8.42 Å². The van der Waals surface area contributed by atoms with E-state index in [0.717, 1.165) is 4.90 Å². The average molecular weight is 432 g/mol. The van der Waals surface area contributed by atoms with Gasteiger partial charge in [0.25, 0.3) is 0 Å². The monoisotopic (exact) mass is 431 g/mol. The number of hydrogen-bond acceptors (Lipinski definition) is 7. The molecule has 1 amide bonds. The molecule has 29 heavy (non-hydrogen) atoms. The standard InChI is InChI=1S/C20H21N3O4S2/c1-3-29(25,26)17-10-6-15(7-11-17)19-22-23-20(27-19)21-18(24)12-13-28-16-8-4-14(2)5-9-16/h4-11H,3,12-13H2,1-2H3,(H,21,23,24). The molecule has 1 aromatic heterocycles. The van der Waals surface area contributed by atoms with E-state index in [1.807, 2.05) is 31.2 Å². The highest BCUT2D eigenvalue weighted by molar-refractivity contribution is 7.99. The molecule has 9 heteroatoms. The van der Waals surface area contributed by atoms with Crippen LogP contribution in [0.4, 0.5) is 6.01 Å². The molecule has 1 heterocycles. The topological polar surface area (TPSA) is 102 Å². The Balaban J connectivity index is 1.54. The number of nitrogens with zero attached hydrogens (tertiary/aromatic N) is 2. The second kappa shape index (κ2) is 9.23. The highest BCUT2D eigenvalue weighted by Gasteiger charge is 2.14. The maximum Gasteiger partial charge on any atom is 0.322 e. The zero-order chi connectivity index (χ0) is 20.9. The van der Waals surface area contributed by atoms with Gasteiger partial charge in [-0.3, -0.25) is 10.1 Å². The number of nitrogens with one attached hydrogen (secondary N) is 1. The number of sulfone groups is 1. The number of carbonyl (C=O) groups excluding carboxylic acids is 1. The number of anilines is 1. The molecule has 0 saturated heterocycles. The third-order valence-corrected chi connectivity index (χ3v) is 6.89. The van der Waals surface area contributed by atoms with Gasteiger partial charge in [-0.1, -0.05) is 29.7 Å². The van der Waals surface area contributed by atoms with Crippen LogP contribution in [0.5, 0.6) is 0 Å². The number of thioether (sulfide) groups is 1. The Kier molecular flexibility index (Phi) is 6.71. The van der Waals surface area contributed by atoms with Gasteiger partial charge >= 0.3 is 6.01 Å². The minimum Gasteiger partial charge on any atom is -0.403 e. The molecule has 0 radical (unpaired) electrons. The number of hydrogen-bond donors (Lipinski definition) is 1. The average Bonchev–Trinajstić information content (AvgIpc) is 3.18. The van der Waals surface area contributed by atoms with Crippen molar-refractivity contribution in [1.82, 2.24) is 10.2 Å². The fraction of sp³-hybridized carbons (Fsp3) is 0.250. The van der Waals surface area contributed by atoms with Gasteiger partial charge in [-0.15, -0.1) is 16.9 Å². The molecule has 0 atom stereocenters. The lowest BCUT2D eigenvalue weighted by atomic mass is 10.2. The normalized spacial score (nSPS) is 11.4. The van der Waals surface area contributed by atoms with Crippen LogP contribution in [0.15, 0.2) is 62.7 Å². The Bertz CT molecular complexity index is 1080. The van der Waals surface area contributed by atoms with E-state index >= 15 is 0 Å². The highest BCUT2D eigenvalue weighted by atomic mass is 32.2. The molecule has 3 rings (SSSR count). The minimum atomic E-state index is -3.26. The van der Waals surface area contributed by atoms with Crippen LogP contribution >= 0.6 is 11.8 Å². The Morgan fingerprint density at radius 1 is 1.07 bits per heavy atom. The van der Waals surface area contributed by atoms with E-state index in [1.54, 1.807) is 30.8 Å². The van der Waals surface area contributed by atoms with Gasteiger partial charge in [0.15, 0.2) is 9.84 Å². The molecule has 152 valence electrons. The predicted molar refractivity (Wildman–Crippen MR) is 113 cm³/mol. The summed E-state index contributed by atoms with van der Waals surface area (Å²) in [5, 5.41) is 10.3. The number of amides is 1. The Labute approximate surface area is 173 Å².